The van der Waals surface area contributed by atoms with Gasteiger partial charge in [-0.05, 0) is 43.2 Å². The summed E-state index contributed by atoms with van der Waals surface area (Å²) in [6.07, 6.45) is 8.77. The van der Waals surface area contributed by atoms with Crippen LogP contribution in [0.25, 0.3) is 6.08 Å². The highest BCUT2D eigenvalue weighted by Gasteiger charge is 2.32. The Bertz CT molecular complexity index is 405. The summed E-state index contributed by atoms with van der Waals surface area (Å²) >= 11 is 0. The molecular weight excluding hydrogens is 208 g/mol. The van der Waals surface area contributed by atoms with Gasteiger partial charge < -0.3 is 5.11 Å². The van der Waals surface area contributed by atoms with E-state index in [4.69, 9.17) is 0 Å². The molecule has 0 bridgehead atoms. The maximum atomic E-state index is 10.7. The topological polar surface area (TPSA) is 20.2 Å². The van der Waals surface area contributed by atoms with Crippen molar-refractivity contribution in [1.82, 2.24) is 0 Å². The number of hydrogen-bond acceptors (Lipinski definition) is 1. The van der Waals surface area contributed by atoms with Crippen LogP contribution < -0.4 is 0 Å². The van der Waals surface area contributed by atoms with Crippen molar-refractivity contribution in [2.75, 3.05) is 0 Å². The molecule has 1 unspecified atom stereocenters. The molecule has 1 aliphatic carbocycles. The zero-order valence-corrected chi connectivity index (χ0v) is 10.2. The van der Waals surface area contributed by atoms with Crippen LogP contribution in [0.4, 0.5) is 0 Å². The van der Waals surface area contributed by atoms with E-state index in [1.54, 1.807) is 0 Å². The van der Waals surface area contributed by atoms with E-state index in [1.807, 2.05) is 24.3 Å². The minimum Gasteiger partial charge on any atom is -0.385 e. The van der Waals surface area contributed by atoms with Crippen molar-refractivity contribution in [2.45, 2.75) is 37.7 Å². The summed E-state index contributed by atoms with van der Waals surface area (Å²) in [4.78, 5) is 0. The van der Waals surface area contributed by atoms with Gasteiger partial charge >= 0.3 is 0 Å². The monoisotopic (exact) mass is 228 g/mol. The highest BCUT2D eigenvalue weighted by atomic mass is 16.3. The van der Waals surface area contributed by atoms with Crippen molar-refractivity contribution in [3.05, 3.63) is 54.1 Å². The van der Waals surface area contributed by atoms with Crippen molar-refractivity contribution >= 4 is 6.08 Å². The van der Waals surface area contributed by atoms with Crippen LogP contribution in [0.1, 0.15) is 37.7 Å². The quantitative estimate of drug-likeness (QED) is 0.777. The molecule has 1 heteroatoms. The van der Waals surface area contributed by atoms with Crippen molar-refractivity contribution in [2.24, 2.45) is 0 Å². The molecule has 0 amide bonds. The summed E-state index contributed by atoms with van der Waals surface area (Å²) in [6.45, 7) is 3.75. The van der Waals surface area contributed by atoms with Gasteiger partial charge in [-0.25, -0.2) is 0 Å². The summed E-state index contributed by atoms with van der Waals surface area (Å²) in [5.74, 6) is 0. The second-order valence-electron chi connectivity index (χ2n) is 4.81. The van der Waals surface area contributed by atoms with E-state index in [9.17, 15) is 5.11 Å². The fraction of sp³-hybridized carbons (Fsp3) is 0.375. The second kappa shape index (κ2) is 5.33. The molecule has 1 aliphatic rings. The molecule has 0 aromatic heterocycles. The molecule has 1 N–H and O–H groups in total. The van der Waals surface area contributed by atoms with Gasteiger partial charge in [-0.3, -0.25) is 0 Å². The van der Waals surface area contributed by atoms with Crippen molar-refractivity contribution in [1.29, 1.82) is 0 Å². The zero-order chi connectivity index (χ0) is 12.1. The molecule has 1 saturated carbocycles. The molecule has 0 spiro atoms. The van der Waals surface area contributed by atoms with Crippen LogP contribution in [-0.2, 0) is 0 Å². The fourth-order valence-corrected chi connectivity index (χ4v) is 2.56. The van der Waals surface area contributed by atoms with Crippen LogP contribution in [0.15, 0.2) is 48.6 Å². The Balaban J connectivity index is 2.28. The Morgan fingerprint density at radius 2 is 2.00 bits per heavy atom. The molecule has 1 nitrogen and oxygen atoms in total. The van der Waals surface area contributed by atoms with Crippen LogP contribution in [0, 0.1) is 0 Å². The van der Waals surface area contributed by atoms with Crippen molar-refractivity contribution < 1.29 is 5.11 Å². The summed E-state index contributed by atoms with van der Waals surface area (Å²) in [5.41, 5.74) is 1.68. The Morgan fingerprint density at radius 1 is 1.24 bits per heavy atom. The fourth-order valence-electron chi connectivity index (χ4n) is 2.56. The molecule has 2 rings (SSSR count). The lowest BCUT2D eigenvalue weighted by atomic mass is 9.77. The lowest BCUT2D eigenvalue weighted by Crippen LogP contribution is -2.33. The predicted molar refractivity (Wildman–Crippen MR) is 72.7 cm³/mol. The maximum absolute atomic E-state index is 10.7. The molecule has 1 atom stereocenters. The third-order valence-corrected chi connectivity index (χ3v) is 3.51. The van der Waals surface area contributed by atoms with E-state index in [0.29, 0.717) is 6.42 Å². The summed E-state index contributed by atoms with van der Waals surface area (Å²) in [7, 11) is 0. The second-order valence-corrected chi connectivity index (χ2v) is 4.81. The predicted octanol–water partition coefficient (Wildman–Crippen LogP) is 3.95. The van der Waals surface area contributed by atoms with Crippen LogP contribution in [0.5, 0.6) is 0 Å². The largest absolute Gasteiger partial charge is 0.385 e. The first-order valence-corrected chi connectivity index (χ1v) is 6.34. The van der Waals surface area contributed by atoms with Crippen LogP contribution in [0.2, 0.25) is 0 Å². The first-order valence-electron chi connectivity index (χ1n) is 6.34. The van der Waals surface area contributed by atoms with E-state index < -0.39 is 5.60 Å². The standard InChI is InChI=1S/C16H20O/c1-2-11-16(17)12-7-6-10-15(16)13-14-8-4-3-5-9-14/h2-5,8-9,13,17H,1,6-7,10-12H2/b15-13+. The molecular formula is C16H20O. The molecule has 0 saturated heterocycles. The first-order chi connectivity index (χ1) is 8.24. The lowest BCUT2D eigenvalue weighted by molar-refractivity contribution is 0.0559. The zero-order valence-electron chi connectivity index (χ0n) is 10.2. The van der Waals surface area contributed by atoms with Gasteiger partial charge in [0, 0.05) is 0 Å². The molecule has 90 valence electrons. The molecule has 1 aromatic carbocycles. The van der Waals surface area contributed by atoms with Gasteiger partial charge in [0.15, 0.2) is 0 Å². The number of rotatable bonds is 3. The molecule has 1 fully saturated rings. The molecule has 1 aromatic rings. The van der Waals surface area contributed by atoms with E-state index >= 15 is 0 Å². The number of aliphatic hydroxyl groups is 1. The molecule has 0 radical (unpaired) electrons. The summed E-state index contributed by atoms with van der Waals surface area (Å²) < 4.78 is 0. The average molecular weight is 228 g/mol. The van der Waals surface area contributed by atoms with Crippen molar-refractivity contribution in [3.8, 4) is 0 Å². The third-order valence-electron chi connectivity index (χ3n) is 3.51. The average Bonchev–Trinajstić information content (AvgIpc) is 2.34. The third kappa shape index (κ3) is 2.86. The minimum absolute atomic E-state index is 0.657. The van der Waals surface area contributed by atoms with Crippen LogP contribution >= 0.6 is 0 Å². The summed E-state index contributed by atoms with van der Waals surface area (Å²) in [6, 6.07) is 10.2. The van der Waals surface area contributed by atoms with Crippen LogP contribution in [-0.4, -0.2) is 10.7 Å². The Labute approximate surface area is 103 Å². The molecule has 0 aliphatic heterocycles. The van der Waals surface area contributed by atoms with Gasteiger partial charge in [0.05, 0.1) is 5.60 Å². The van der Waals surface area contributed by atoms with E-state index in [0.717, 1.165) is 24.8 Å². The highest BCUT2D eigenvalue weighted by molar-refractivity contribution is 5.55. The van der Waals surface area contributed by atoms with Gasteiger partial charge in [-0.15, -0.1) is 6.58 Å². The lowest BCUT2D eigenvalue weighted by Gasteiger charge is -2.34. The van der Waals surface area contributed by atoms with Gasteiger partial charge in [0.2, 0.25) is 0 Å². The van der Waals surface area contributed by atoms with Gasteiger partial charge in [0.1, 0.15) is 0 Å². The van der Waals surface area contributed by atoms with Gasteiger partial charge in [-0.2, -0.15) is 0 Å². The van der Waals surface area contributed by atoms with E-state index in [1.165, 1.54) is 12.0 Å². The Kier molecular flexibility index (Phi) is 3.80. The molecule has 0 heterocycles. The van der Waals surface area contributed by atoms with Gasteiger partial charge in [0.25, 0.3) is 0 Å². The Hall–Kier alpha value is -1.34. The highest BCUT2D eigenvalue weighted by Crippen LogP contribution is 2.37. The normalized spacial score (nSPS) is 27.0. The number of hydrogen-bond donors (Lipinski definition) is 1. The summed E-state index contributed by atoms with van der Waals surface area (Å²) in [5, 5.41) is 10.7. The first kappa shape index (κ1) is 12.1. The van der Waals surface area contributed by atoms with E-state index in [2.05, 4.69) is 24.8 Å². The smallest absolute Gasteiger partial charge is 0.0894 e. The van der Waals surface area contributed by atoms with Crippen LogP contribution in [0.3, 0.4) is 0 Å². The van der Waals surface area contributed by atoms with Crippen molar-refractivity contribution in [3.63, 3.8) is 0 Å². The SMILES string of the molecule is C=CCC1(O)CCCC/C1=C\c1ccccc1. The maximum Gasteiger partial charge on any atom is 0.0894 e. The minimum atomic E-state index is -0.657. The van der Waals surface area contributed by atoms with Gasteiger partial charge in [-0.1, -0.05) is 42.5 Å². The number of benzene rings is 1. The Morgan fingerprint density at radius 3 is 2.71 bits per heavy atom. The van der Waals surface area contributed by atoms with E-state index in [-0.39, 0.29) is 0 Å². The molecule has 17 heavy (non-hydrogen) atoms.